The van der Waals surface area contributed by atoms with Crippen molar-refractivity contribution in [1.29, 1.82) is 0 Å². The first-order valence-electron chi connectivity index (χ1n) is 7.30. The molecule has 0 amide bonds. The molecule has 40 nitrogen and oxygen atoms in total. The molecule has 0 saturated heterocycles. The Kier molecular flexibility index (Phi) is 96.5. The summed E-state index contributed by atoms with van der Waals surface area (Å²) in [6, 6.07) is 0. The van der Waals surface area contributed by atoms with E-state index in [1.807, 2.05) is 0 Å². The van der Waals surface area contributed by atoms with Crippen LogP contribution in [0, 0.1) is 0 Å². The van der Waals surface area contributed by atoms with Crippen molar-refractivity contribution in [3.8, 4) is 0 Å². The average Bonchev–Trinajstić information content (AvgIpc) is 2.34. The molecular formula is O40P10Ti3W3. The monoisotopic (exact) mass is 1650 g/mol. The molecule has 0 saturated carbocycles. The Morgan fingerprint density at radius 2 is 0.143 bits per heavy atom. The van der Waals surface area contributed by atoms with E-state index in [0.717, 1.165) is 0 Å². The number of hydrogen-bond acceptors (Lipinski definition) is 40. The van der Waals surface area contributed by atoms with Gasteiger partial charge in [-0.3, -0.25) is 0 Å². The maximum atomic E-state index is 8.55. The van der Waals surface area contributed by atoms with Crippen LogP contribution in [0.5, 0.6) is 0 Å². The van der Waals surface area contributed by atoms with Crippen LogP contribution in [0.4, 0.5) is 0 Å². The Balaban J connectivity index is -0.0000000224. The van der Waals surface area contributed by atoms with Crippen LogP contribution in [0.15, 0.2) is 0 Å². The summed E-state index contributed by atoms with van der Waals surface area (Å²) in [6.45, 7) is 0. The smallest absolute Gasteiger partial charge is 0.822 e. The van der Waals surface area contributed by atoms with E-state index in [-0.39, 0.29) is 128 Å². The average molecular weight is 1640 g/mol. The molecule has 0 aromatic carbocycles. The molecule has 56 heavy (non-hydrogen) atoms. The Labute approximate surface area is 395 Å². The molecule has 320 valence electrons. The third-order valence-electron chi connectivity index (χ3n) is 0. The van der Waals surface area contributed by atoms with Gasteiger partial charge in [-0.2, -0.15) is 78.2 Å². The Bertz CT molecular complexity index is 864. The molecule has 0 aromatic heterocycles. The molecule has 0 N–H and O–H groups in total. The summed E-state index contributed by atoms with van der Waals surface area (Å²) in [5.41, 5.74) is 0. The van der Waals surface area contributed by atoms with Crippen molar-refractivity contribution in [2.24, 2.45) is 0 Å². The van der Waals surface area contributed by atoms with Gasteiger partial charge in [0.2, 0.25) is 0 Å². The molecule has 0 unspecified atom stereocenters. The van der Waals surface area contributed by atoms with Gasteiger partial charge in [-0.25, -0.2) is 0 Å². The van der Waals surface area contributed by atoms with E-state index in [2.05, 4.69) is 0 Å². The molecule has 0 aliphatic carbocycles. The minimum atomic E-state index is -5.39. The maximum Gasteiger partial charge on any atom is 6.00 e. The van der Waals surface area contributed by atoms with E-state index in [1.165, 1.54) is 0 Å². The van der Waals surface area contributed by atoms with Gasteiger partial charge < -0.3 is 192 Å². The second-order valence-electron chi connectivity index (χ2n) is 4.47. The van der Waals surface area contributed by atoms with Gasteiger partial charge in [0.25, 0.3) is 0 Å². The van der Waals surface area contributed by atoms with Crippen LogP contribution < -0.4 is 147 Å². The predicted octanol–water partition coefficient (Wildman–Crippen LogP) is -28.3. The molecular weight excluding hydrogens is 1640 g/mol. The van der Waals surface area contributed by atoms with E-state index in [4.69, 9.17) is 192 Å². The standard InChI is InChI=1S/10H3O4P.3Ti.3W/c10*1-5(2,3)4;;;;;;/h10*(H3,1,2,3,4);;;;;;/q;;;;;;;;;;3*+4;3*+6/p-30. The minimum Gasteiger partial charge on any atom is -0.822 e. The van der Waals surface area contributed by atoms with Crippen LogP contribution in [-0.4, -0.2) is 0 Å². The molecule has 56 heteroatoms. The van der Waals surface area contributed by atoms with Crippen molar-refractivity contribution in [2.75, 3.05) is 0 Å². The zero-order chi connectivity index (χ0) is 45.0. The van der Waals surface area contributed by atoms with Crippen LogP contribution in [0.3, 0.4) is 0 Å². The first kappa shape index (κ1) is 109. The SMILES string of the molecule is O=P([O-])([O-])[O-].O=P([O-])([O-])[O-].O=P([O-])([O-])[O-].O=P([O-])([O-])[O-].O=P([O-])([O-])[O-].O=P([O-])([O-])[O-].O=P([O-])([O-])[O-].O=P([O-])([O-])[O-].O=P([O-])([O-])[O-].O=P([O-])([O-])[O-].[Ti+4].[Ti+4].[Ti+4].[W+6].[W+6].[W+6]. The Hall–Kier alpha value is 5.31. The normalized spacial score (nSPS) is 10.5. The van der Waals surface area contributed by atoms with Crippen molar-refractivity contribution in [3.05, 3.63) is 0 Å². The summed E-state index contributed by atoms with van der Waals surface area (Å²) in [7, 11) is -53.9. The fraction of sp³-hybridized carbons (Fsp3) is 0. The quantitative estimate of drug-likeness (QED) is 0.160. The summed E-state index contributed by atoms with van der Waals surface area (Å²) >= 11 is 0. The van der Waals surface area contributed by atoms with Crippen LogP contribution >= 0.6 is 78.2 Å². The van der Waals surface area contributed by atoms with Crippen LogP contribution in [0.25, 0.3) is 0 Å². The molecule has 0 rings (SSSR count). The predicted molar refractivity (Wildman–Crippen MR) is 76.1 cm³/mol. The molecule has 0 aliphatic rings. The molecule has 0 heterocycles. The fourth-order valence-electron chi connectivity index (χ4n) is 0. The molecule has 0 aliphatic heterocycles. The van der Waals surface area contributed by atoms with E-state index < -0.39 is 78.2 Å². The second kappa shape index (κ2) is 49.7. The summed E-state index contributed by atoms with van der Waals surface area (Å²) in [6.07, 6.45) is 0. The Morgan fingerprint density at radius 3 is 0.143 bits per heavy atom. The zero-order valence-electron chi connectivity index (χ0n) is 23.5. The molecule has 0 aromatic rings. The van der Waals surface area contributed by atoms with Crippen molar-refractivity contribution < 1.29 is 321 Å². The van der Waals surface area contributed by atoms with Crippen molar-refractivity contribution in [3.63, 3.8) is 0 Å². The Morgan fingerprint density at radius 1 is 0.143 bits per heavy atom. The number of phosphoric acid groups is 10. The van der Waals surface area contributed by atoms with Crippen molar-refractivity contribution in [1.82, 2.24) is 0 Å². The maximum absolute atomic E-state index is 8.55. The van der Waals surface area contributed by atoms with E-state index in [9.17, 15) is 0 Å². The van der Waals surface area contributed by atoms with Gasteiger partial charge in [0.1, 0.15) is 0 Å². The van der Waals surface area contributed by atoms with E-state index >= 15 is 0 Å². The molecule has 0 fully saturated rings. The summed E-state index contributed by atoms with van der Waals surface area (Å²) in [4.78, 5) is 256. The molecule has 0 radical (unpaired) electrons. The van der Waals surface area contributed by atoms with Crippen molar-refractivity contribution >= 4 is 78.2 Å². The third-order valence-corrected chi connectivity index (χ3v) is 0. The summed E-state index contributed by atoms with van der Waals surface area (Å²) < 4.78 is 85.5. The second-order valence-corrected chi connectivity index (χ2v) is 13.4. The fourth-order valence-corrected chi connectivity index (χ4v) is 0. The van der Waals surface area contributed by atoms with Gasteiger partial charge in [0.15, 0.2) is 0 Å². The minimum absolute atomic E-state index is 0. The number of rotatable bonds is 0. The largest absolute Gasteiger partial charge is 6.00 e. The van der Waals surface area contributed by atoms with E-state index in [1.54, 1.807) is 0 Å². The van der Waals surface area contributed by atoms with E-state index in [0.29, 0.717) is 0 Å². The summed E-state index contributed by atoms with van der Waals surface area (Å²) in [5.74, 6) is 0. The first-order valence-corrected chi connectivity index (χ1v) is 21.9. The molecule has 0 bridgehead atoms. The topological polar surface area (TPSA) is 862 Å². The van der Waals surface area contributed by atoms with Gasteiger partial charge in [-0.15, -0.1) is 0 Å². The molecule has 0 spiro atoms. The van der Waals surface area contributed by atoms with Gasteiger partial charge in [0.05, 0.1) is 0 Å². The van der Waals surface area contributed by atoms with Gasteiger partial charge in [-0.05, 0) is 0 Å². The zero-order valence-corrected chi connectivity index (χ0v) is 46.0. The van der Waals surface area contributed by atoms with Crippen LogP contribution in [-0.2, 0) is 174 Å². The van der Waals surface area contributed by atoms with Crippen LogP contribution in [0.1, 0.15) is 0 Å². The molecule has 0 atom stereocenters. The summed E-state index contributed by atoms with van der Waals surface area (Å²) in [5, 5.41) is 0. The van der Waals surface area contributed by atoms with Gasteiger partial charge >= 0.3 is 128 Å². The van der Waals surface area contributed by atoms with Gasteiger partial charge in [-0.1, -0.05) is 0 Å². The number of hydrogen-bond donors (Lipinski definition) is 0. The third kappa shape index (κ3) is 7160. The van der Waals surface area contributed by atoms with Crippen LogP contribution in [0.2, 0.25) is 0 Å². The van der Waals surface area contributed by atoms with Crippen molar-refractivity contribution in [2.45, 2.75) is 0 Å². The first-order chi connectivity index (χ1) is 20.0. The van der Waals surface area contributed by atoms with Gasteiger partial charge in [0, 0.05) is 0 Å².